The van der Waals surface area contributed by atoms with Crippen LogP contribution in [-0.4, -0.2) is 15.7 Å². The predicted molar refractivity (Wildman–Crippen MR) is 113 cm³/mol. The first-order chi connectivity index (χ1) is 14.8. The van der Waals surface area contributed by atoms with Crippen molar-refractivity contribution in [2.24, 2.45) is 0 Å². The molecule has 0 aliphatic carbocycles. The molecular formula is C23H17ClF3N3O. The molecule has 0 spiro atoms. The predicted octanol–water partition coefficient (Wildman–Crippen LogP) is 5.69. The van der Waals surface area contributed by atoms with Gasteiger partial charge in [-0.3, -0.25) is 9.48 Å². The third-order valence-electron chi connectivity index (χ3n) is 4.89. The third-order valence-corrected chi connectivity index (χ3v) is 5.14. The fourth-order valence-electron chi connectivity index (χ4n) is 3.33. The van der Waals surface area contributed by atoms with Gasteiger partial charge < -0.3 is 5.32 Å². The van der Waals surface area contributed by atoms with Gasteiger partial charge in [0.05, 0.1) is 29.4 Å². The van der Waals surface area contributed by atoms with Crippen LogP contribution in [0.2, 0.25) is 5.02 Å². The molecule has 1 amide bonds. The minimum atomic E-state index is -4.43. The maximum Gasteiger partial charge on any atom is 0.416 e. The van der Waals surface area contributed by atoms with Crippen molar-refractivity contribution in [3.8, 4) is 0 Å². The average Bonchev–Trinajstić information content (AvgIpc) is 3.16. The molecule has 158 valence electrons. The molecule has 0 aliphatic heterocycles. The molecule has 0 bridgehead atoms. The number of hydrogen-bond donors (Lipinski definition) is 1. The SMILES string of the molecule is O=C(NCc1cccc(C(F)(F)F)c1)c1cccc2c1cnn2Cc1ccc(Cl)cc1. The Morgan fingerprint density at radius 3 is 2.48 bits per heavy atom. The summed E-state index contributed by atoms with van der Waals surface area (Å²) in [5, 5.41) is 8.40. The molecule has 0 saturated carbocycles. The number of nitrogens with one attached hydrogen (secondary N) is 1. The van der Waals surface area contributed by atoms with E-state index >= 15 is 0 Å². The number of benzene rings is 3. The Hall–Kier alpha value is -3.32. The molecule has 1 N–H and O–H groups in total. The number of rotatable bonds is 5. The number of aromatic nitrogens is 2. The summed E-state index contributed by atoms with van der Waals surface area (Å²) in [5.41, 5.74) is 1.82. The Balaban J connectivity index is 1.52. The van der Waals surface area contributed by atoms with Gasteiger partial charge in [0.15, 0.2) is 0 Å². The van der Waals surface area contributed by atoms with Crippen molar-refractivity contribution in [1.82, 2.24) is 15.1 Å². The van der Waals surface area contributed by atoms with Gasteiger partial charge in [-0.25, -0.2) is 0 Å². The lowest BCUT2D eigenvalue weighted by Gasteiger charge is -2.10. The number of alkyl halides is 3. The van der Waals surface area contributed by atoms with Crippen molar-refractivity contribution >= 4 is 28.4 Å². The van der Waals surface area contributed by atoms with E-state index < -0.39 is 11.7 Å². The van der Waals surface area contributed by atoms with Crippen LogP contribution >= 0.6 is 11.6 Å². The molecule has 0 aliphatic rings. The zero-order valence-electron chi connectivity index (χ0n) is 16.2. The van der Waals surface area contributed by atoms with E-state index in [0.29, 0.717) is 28.1 Å². The van der Waals surface area contributed by atoms with Crippen LogP contribution in [0.5, 0.6) is 0 Å². The second-order valence-corrected chi connectivity index (χ2v) is 7.48. The number of fused-ring (bicyclic) bond motifs is 1. The van der Waals surface area contributed by atoms with Gasteiger partial charge >= 0.3 is 6.18 Å². The first kappa shape index (κ1) is 20.9. The molecule has 4 nitrogen and oxygen atoms in total. The van der Waals surface area contributed by atoms with E-state index in [1.807, 2.05) is 18.2 Å². The topological polar surface area (TPSA) is 46.9 Å². The van der Waals surface area contributed by atoms with E-state index in [1.165, 1.54) is 6.07 Å². The van der Waals surface area contributed by atoms with E-state index in [2.05, 4.69) is 10.4 Å². The Morgan fingerprint density at radius 1 is 1.00 bits per heavy atom. The Labute approximate surface area is 181 Å². The molecule has 4 aromatic rings. The summed E-state index contributed by atoms with van der Waals surface area (Å²) in [6.07, 6.45) is -2.81. The molecule has 0 radical (unpaired) electrons. The molecule has 0 fully saturated rings. The lowest BCUT2D eigenvalue weighted by molar-refractivity contribution is -0.137. The third kappa shape index (κ3) is 4.72. The molecular weight excluding hydrogens is 427 g/mol. The summed E-state index contributed by atoms with van der Waals surface area (Å²) in [6.45, 7) is 0.494. The molecule has 0 unspecified atom stereocenters. The monoisotopic (exact) mass is 443 g/mol. The molecule has 31 heavy (non-hydrogen) atoms. The minimum Gasteiger partial charge on any atom is -0.348 e. The standard InChI is InChI=1S/C23H17ClF3N3O/c24-18-9-7-15(8-10-18)14-30-21-6-2-5-19(20(21)13-29-30)22(31)28-12-16-3-1-4-17(11-16)23(25,26)27/h1-11,13H,12,14H2,(H,28,31). The first-order valence-corrected chi connectivity index (χ1v) is 9.82. The van der Waals surface area contributed by atoms with Crippen LogP contribution in [0.1, 0.15) is 27.0 Å². The van der Waals surface area contributed by atoms with Gasteiger partial charge in [-0.05, 0) is 47.5 Å². The average molecular weight is 444 g/mol. The summed E-state index contributed by atoms with van der Waals surface area (Å²) in [7, 11) is 0. The zero-order chi connectivity index (χ0) is 22.0. The van der Waals surface area contributed by atoms with Crippen molar-refractivity contribution in [1.29, 1.82) is 0 Å². The number of halogens is 4. The van der Waals surface area contributed by atoms with Crippen LogP contribution in [0.3, 0.4) is 0 Å². The van der Waals surface area contributed by atoms with Crippen molar-refractivity contribution in [2.45, 2.75) is 19.3 Å². The van der Waals surface area contributed by atoms with Crippen LogP contribution in [-0.2, 0) is 19.3 Å². The second kappa shape index (κ2) is 8.43. The van der Waals surface area contributed by atoms with E-state index in [1.54, 1.807) is 41.2 Å². The van der Waals surface area contributed by atoms with E-state index in [-0.39, 0.29) is 12.5 Å². The van der Waals surface area contributed by atoms with Gasteiger partial charge in [-0.2, -0.15) is 18.3 Å². The fourth-order valence-corrected chi connectivity index (χ4v) is 3.45. The Bertz CT molecular complexity index is 1230. The van der Waals surface area contributed by atoms with Gasteiger partial charge in [-0.15, -0.1) is 0 Å². The van der Waals surface area contributed by atoms with Crippen molar-refractivity contribution in [3.05, 3.63) is 100 Å². The lowest BCUT2D eigenvalue weighted by atomic mass is 10.1. The molecule has 0 atom stereocenters. The van der Waals surface area contributed by atoms with Gasteiger partial charge in [0.1, 0.15) is 0 Å². The van der Waals surface area contributed by atoms with Crippen LogP contribution in [0.4, 0.5) is 13.2 Å². The number of carbonyl (C=O) groups is 1. The number of hydrogen-bond acceptors (Lipinski definition) is 2. The quantitative estimate of drug-likeness (QED) is 0.431. The van der Waals surface area contributed by atoms with Gasteiger partial charge in [0.2, 0.25) is 0 Å². The molecule has 0 saturated heterocycles. The molecule has 4 rings (SSSR count). The fraction of sp³-hybridized carbons (Fsp3) is 0.130. The van der Waals surface area contributed by atoms with Crippen molar-refractivity contribution < 1.29 is 18.0 Å². The smallest absolute Gasteiger partial charge is 0.348 e. The van der Waals surface area contributed by atoms with Gasteiger partial charge in [0, 0.05) is 17.0 Å². The minimum absolute atomic E-state index is 0.0158. The maximum atomic E-state index is 12.9. The second-order valence-electron chi connectivity index (χ2n) is 7.05. The summed E-state index contributed by atoms with van der Waals surface area (Å²) in [5.74, 6) is -0.381. The van der Waals surface area contributed by atoms with E-state index in [9.17, 15) is 18.0 Å². The van der Waals surface area contributed by atoms with Crippen LogP contribution in [0.25, 0.3) is 10.9 Å². The van der Waals surface area contributed by atoms with Crippen molar-refractivity contribution in [2.75, 3.05) is 0 Å². The first-order valence-electron chi connectivity index (χ1n) is 9.44. The lowest BCUT2D eigenvalue weighted by Crippen LogP contribution is -2.23. The summed E-state index contributed by atoms with van der Waals surface area (Å²) in [4.78, 5) is 12.7. The Morgan fingerprint density at radius 2 is 1.74 bits per heavy atom. The molecule has 8 heteroatoms. The Kier molecular flexibility index (Phi) is 5.69. The summed E-state index contributed by atoms with van der Waals surface area (Å²) in [6, 6.07) is 17.6. The highest BCUT2D eigenvalue weighted by atomic mass is 35.5. The van der Waals surface area contributed by atoms with Gasteiger partial charge in [-0.1, -0.05) is 41.9 Å². The molecule has 3 aromatic carbocycles. The normalized spacial score (nSPS) is 11.6. The highest BCUT2D eigenvalue weighted by Gasteiger charge is 2.30. The number of carbonyl (C=O) groups excluding carboxylic acids is 1. The van der Waals surface area contributed by atoms with Crippen LogP contribution in [0.15, 0.2) is 72.9 Å². The van der Waals surface area contributed by atoms with E-state index in [4.69, 9.17) is 11.6 Å². The summed E-state index contributed by atoms with van der Waals surface area (Å²) >= 11 is 5.93. The largest absolute Gasteiger partial charge is 0.416 e. The number of nitrogens with zero attached hydrogens (tertiary/aromatic N) is 2. The maximum absolute atomic E-state index is 12.9. The van der Waals surface area contributed by atoms with Gasteiger partial charge in [0.25, 0.3) is 5.91 Å². The summed E-state index contributed by atoms with van der Waals surface area (Å²) < 4.78 is 40.4. The van der Waals surface area contributed by atoms with E-state index in [0.717, 1.165) is 23.2 Å². The highest BCUT2D eigenvalue weighted by molar-refractivity contribution is 6.30. The highest BCUT2D eigenvalue weighted by Crippen LogP contribution is 2.29. The zero-order valence-corrected chi connectivity index (χ0v) is 16.9. The molecule has 1 aromatic heterocycles. The van der Waals surface area contributed by atoms with Crippen LogP contribution < -0.4 is 5.32 Å². The number of amides is 1. The van der Waals surface area contributed by atoms with Crippen molar-refractivity contribution in [3.63, 3.8) is 0 Å². The van der Waals surface area contributed by atoms with Crippen LogP contribution in [0, 0.1) is 0 Å². The molecule has 1 heterocycles.